The van der Waals surface area contributed by atoms with Gasteiger partial charge in [0.15, 0.2) is 0 Å². The van der Waals surface area contributed by atoms with Crippen molar-refractivity contribution in [3.05, 3.63) is 93.5 Å². The van der Waals surface area contributed by atoms with Crippen molar-refractivity contribution >= 4 is 37.5 Å². The molecule has 7 heteroatoms. The summed E-state index contributed by atoms with van der Waals surface area (Å²) in [6, 6.07) is 19.8. The number of hydrogen-bond donors (Lipinski definition) is 1. The number of rotatable bonds is 7. The third-order valence-electron chi connectivity index (χ3n) is 5.00. The first-order valence-corrected chi connectivity index (χ1v) is 12.1. The monoisotopic (exact) mass is 500 g/mol. The smallest absolute Gasteiger partial charge is 0.243 e. The molecule has 3 aromatic rings. The van der Waals surface area contributed by atoms with E-state index in [2.05, 4.69) is 21.2 Å². The average molecular weight is 501 g/mol. The number of carbonyl (C=O) groups excluding carboxylic acids is 1. The van der Waals surface area contributed by atoms with Gasteiger partial charge in [-0.3, -0.25) is 4.79 Å². The van der Waals surface area contributed by atoms with E-state index in [1.54, 1.807) is 24.3 Å². The Morgan fingerprint density at radius 1 is 0.903 bits per heavy atom. The fraction of sp³-hybridized carbons (Fsp3) is 0.208. The van der Waals surface area contributed by atoms with Gasteiger partial charge in [-0.15, -0.1) is 0 Å². The quantitative estimate of drug-likeness (QED) is 0.484. The number of halogens is 1. The summed E-state index contributed by atoms with van der Waals surface area (Å²) < 4.78 is 28.9. The SMILES string of the molecule is Cc1ccc(S(=O)(=O)N(CC(=O)Nc2c(C)cccc2C)Cc2ccc(Br)cc2)cc1. The Hall–Kier alpha value is -2.48. The number of carbonyl (C=O) groups is 1. The summed E-state index contributed by atoms with van der Waals surface area (Å²) >= 11 is 3.39. The molecule has 0 unspecified atom stereocenters. The average Bonchev–Trinajstić information content (AvgIpc) is 2.72. The number of sulfonamides is 1. The fourth-order valence-electron chi connectivity index (χ4n) is 3.23. The van der Waals surface area contributed by atoms with Gasteiger partial charge in [0.1, 0.15) is 0 Å². The second-order valence-electron chi connectivity index (χ2n) is 7.53. The van der Waals surface area contributed by atoms with Gasteiger partial charge in [0, 0.05) is 16.7 Å². The van der Waals surface area contributed by atoms with Gasteiger partial charge in [0.2, 0.25) is 15.9 Å². The first-order chi connectivity index (χ1) is 14.7. The van der Waals surface area contributed by atoms with Crippen LogP contribution in [-0.2, 0) is 21.4 Å². The largest absolute Gasteiger partial charge is 0.324 e. The summed E-state index contributed by atoms with van der Waals surface area (Å²) in [5.74, 6) is -0.384. The van der Waals surface area contributed by atoms with E-state index in [-0.39, 0.29) is 23.9 Å². The van der Waals surface area contributed by atoms with Gasteiger partial charge in [-0.1, -0.05) is 64.0 Å². The third-order valence-corrected chi connectivity index (χ3v) is 7.33. The summed E-state index contributed by atoms with van der Waals surface area (Å²) in [5, 5.41) is 2.88. The summed E-state index contributed by atoms with van der Waals surface area (Å²) in [5.41, 5.74) is 4.32. The van der Waals surface area contributed by atoms with E-state index in [9.17, 15) is 13.2 Å². The zero-order valence-corrected chi connectivity index (χ0v) is 20.1. The lowest BCUT2D eigenvalue weighted by molar-refractivity contribution is -0.116. The molecule has 0 saturated heterocycles. The van der Waals surface area contributed by atoms with Crippen LogP contribution in [0.4, 0.5) is 5.69 Å². The molecule has 0 fully saturated rings. The van der Waals surface area contributed by atoms with Crippen LogP contribution in [0.5, 0.6) is 0 Å². The molecular formula is C24H25BrN2O3S. The van der Waals surface area contributed by atoms with Gasteiger partial charge >= 0.3 is 0 Å². The highest BCUT2D eigenvalue weighted by molar-refractivity contribution is 9.10. The molecule has 0 radical (unpaired) electrons. The molecule has 0 bridgehead atoms. The molecule has 1 N–H and O–H groups in total. The minimum atomic E-state index is -3.87. The van der Waals surface area contributed by atoms with Gasteiger partial charge in [-0.05, 0) is 61.7 Å². The van der Waals surface area contributed by atoms with E-state index >= 15 is 0 Å². The van der Waals surface area contributed by atoms with E-state index in [4.69, 9.17) is 0 Å². The van der Waals surface area contributed by atoms with Crippen LogP contribution in [-0.4, -0.2) is 25.2 Å². The van der Waals surface area contributed by atoms with Crippen molar-refractivity contribution in [2.75, 3.05) is 11.9 Å². The van der Waals surface area contributed by atoms with Crippen molar-refractivity contribution in [3.63, 3.8) is 0 Å². The molecule has 0 atom stereocenters. The lowest BCUT2D eigenvalue weighted by Crippen LogP contribution is -2.37. The van der Waals surface area contributed by atoms with Crippen LogP contribution in [0.25, 0.3) is 0 Å². The second kappa shape index (κ2) is 9.77. The summed E-state index contributed by atoms with van der Waals surface area (Å²) in [4.78, 5) is 13.0. The highest BCUT2D eigenvalue weighted by Gasteiger charge is 2.27. The first-order valence-electron chi connectivity index (χ1n) is 9.84. The molecule has 0 saturated carbocycles. The van der Waals surface area contributed by atoms with E-state index in [1.165, 1.54) is 4.31 Å². The topological polar surface area (TPSA) is 66.5 Å². The van der Waals surface area contributed by atoms with E-state index in [1.807, 2.05) is 63.2 Å². The van der Waals surface area contributed by atoms with Gasteiger partial charge in [-0.2, -0.15) is 4.31 Å². The van der Waals surface area contributed by atoms with Crippen molar-refractivity contribution < 1.29 is 13.2 Å². The van der Waals surface area contributed by atoms with Crippen LogP contribution in [0.3, 0.4) is 0 Å². The number of aryl methyl sites for hydroxylation is 3. The molecule has 3 rings (SSSR count). The number of nitrogens with one attached hydrogen (secondary N) is 1. The molecule has 162 valence electrons. The summed E-state index contributed by atoms with van der Waals surface area (Å²) in [6.45, 7) is 5.51. The van der Waals surface area contributed by atoms with Crippen molar-refractivity contribution in [1.82, 2.24) is 4.31 Å². The van der Waals surface area contributed by atoms with Gasteiger partial charge < -0.3 is 5.32 Å². The molecule has 5 nitrogen and oxygen atoms in total. The Morgan fingerprint density at radius 3 is 2.06 bits per heavy atom. The maximum Gasteiger partial charge on any atom is 0.243 e. The summed E-state index contributed by atoms with van der Waals surface area (Å²) in [7, 11) is -3.87. The molecule has 1 amide bonds. The maximum atomic E-state index is 13.4. The van der Waals surface area contributed by atoms with Gasteiger partial charge in [0.05, 0.1) is 11.4 Å². The van der Waals surface area contributed by atoms with Crippen molar-refractivity contribution in [3.8, 4) is 0 Å². The molecule has 0 spiro atoms. The van der Waals surface area contributed by atoms with Crippen molar-refractivity contribution in [2.24, 2.45) is 0 Å². The minimum Gasteiger partial charge on any atom is -0.324 e. The number of hydrogen-bond acceptors (Lipinski definition) is 3. The van der Waals surface area contributed by atoms with Crippen LogP contribution >= 0.6 is 15.9 Å². The van der Waals surface area contributed by atoms with E-state index in [0.29, 0.717) is 5.69 Å². The Balaban J connectivity index is 1.90. The highest BCUT2D eigenvalue weighted by atomic mass is 79.9. The highest BCUT2D eigenvalue weighted by Crippen LogP contribution is 2.22. The van der Waals surface area contributed by atoms with Gasteiger partial charge in [-0.25, -0.2) is 8.42 Å². The Bertz CT molecular complexity index is 1150. The van der Waals surface area contributed by atoms with Crippen molar-refractivity contribution in [2.45, 2.75) is 32.2 Å². The maximum absolute atomic E-state index is 13.4. The van der Waals surface area contributed by atoms with Crippen molar-refractivity contribution in [1.29, 1.82) is 0 Å². The number of anilines is 1. The molecule has 0 aliphatic heterocycles. The molecule has 0 aliphatic carbocycles. The van der Waals surface area contributed by atoms with Crippen LogP contribution in [0.15, 0.2) is 76.1 Å². The van der Waals surface area contributed by atoms with Crippen LogP contribution in [0, 0.1) is 20.8 Å². The second-order valence-corrected chi connectivity index (χ2v) is 10.4. The molecule has 0 aromatic heterocycles. The first kappa shape index (κ1) is 23.2. The Kier molecular flexibility index (Phi) is 7.30. The Labute approximate surface area is 192 Å². The number of benzene rings is 3. The van der Waals surface area contributed by atoms with Crippen LogP contribution in [0.1, 0.15) is 22.3 Å². The minimum absolute atomic E-state index is 0.0870. The predicted octanol–water partition coefficient (Wildman–Crippen LogP) is 5.20. The normalized spacial score (nSPS) is 11.5. The van der Waals surface area contributed by atoms with Gasteiger partial charge in [0.25, 0.3) is 0 Å². The zero-order chi connectivity index (χ0) is 22.6. The number of nitrogens with zero attached hydrogens (tertiary/aromatic N) is 1. The molecule has 0 aliphatic rings. The number of para-hydroxylation sites is 1. The zero-order valence-electron chi connectivity index (χ0n) is 17.7. The van der Waals surface area contributed by atoms with Crippen LogP contribution in [0.2, 0.25) is 0 Å². The van der Waals surface area contributed by atoms with Crippen LogP contribution < -0.4 is 5.32 Å². The van der Waals surface area contributed by atoms with E-state index in [0.717, 1.165) is 26.7 Å². The Morgan fingerprint density at radius 2 is 1.48 bits per heavy atom. The predicted molar refractivity (Wildman–Crippen MR) is 127 cm³/mol. The third kappa shape index (κ3) is 5.81. The lowest BCUT2D eigenvalue weighted by Gasteiger charge is -2.23. The standard InChI is InChI=1S/C24H25BrN2O3S/c1-17-7-13-22(14-8-17)31(29,30)27(15-20-9-11-21(25)12-10-20)16-23(28)26-24-18(2)5-4-6-19(24)3/h4-14H,15-16H2,1-3H3,(H,26,28). The van der Waals surface area contributed by atoms with E-state index < -0.39 is 10.0 Å². The molecule has 3 aromatic carbocycles. The molecule has 0 heterocycles. The lowest BCUT2D eigenvalue weighted by atomic mass is 10.1. The summed E-state index contributed by atoms with van der Waals surface area (Å²) in [6.07, 6.45) is 0. The fourth-order valence-corrected chi connectivity index (χ4v) is 4.88. The molecule has 31 heavy (non-hydrogen) atoms. The number of amides is 1. The molecular weight excluding hydrogens is 476 g/mol.